The molecule has 1 saturated heterocycles. The van der Waals surface area contributed by atoms with Gasteiger partial charge in [0.1, 0.15) is 0 Å². The molecule has 2 aliphatic heterocycles. The second-order valence-electron chi connectivity index (χ2n) is 4.39. The van der Waals surface area contributed by atoms with Gasteiger partial charge in [-0.25, -0.2) is 17.9 Å². The van der Waals surface area contributed by atoms with E-state index in [1.165, 1.54) is 4.90 Å². The van der Waals surface area contributed by atoms with Crippen LogP contribution in [0, 0.1) is 0 Å². The maximum atomic E-state index is 11.3. The van der Waals surface area contributed by atoms with Crippen LogP contribution in [-0.2, 0) is 10.0 Å². The van der Waals surface area contributed by atoms with Gasteiger partial charge in [-0.05, 0) is 19.8 Å². The third-order valence-electron chi connectivity index (χ3n) is 3.15. The third-order valence-corrected chi connectivity index (χ3v) is 4.33. The van der Waals surface area contributed by atoms with Gasteiger partial charge >= 0.3 is 6.09 Å². The molecule has 7 heteroatoms. The quantitative estimate of drug-likeness (QED) is 0.645. The second-order valence-corrected chi connectivity index (χ2v) is 5.95. The van der Waals surface area contributed by atoms with Gasteiger partial charge in [-0.1, -0.05) is 6.08 Å². The van der Waals surface area contributed by atoms with E-state index >= 15 is 0 Å². The Balaban J connectivity index is 2.15. The largest absolute Gasteiger partial charge is 0.465 e. The van der Waals surface area contributed by atoms with Crippen LogP contribution < -0.4 is 4.72 Å². The molecule has 1 spiro atoms. The van der Waals surface area contributed by atoms with Crippen molar-refractivity contribution in [1.29, 1.82) is 0 Å². The van der Waals surface area contributed by atoms with Crippen molar-refractivity contribution in [1.82, 2.24) is 9.62 Å². The summed E-state index contributed by atoms with van der Waals surface area (Å²) in [4.78, 5) is 12.2. The highest BCUT2D eigenvalue weighted by Gasteiger charge is 2.43. The molecule has 0 aromatic carbocycles. The lowest BCUT2D eigenvalue weighted by Gasteiger charge is -2.41. The minimum atomic E-state index is -3.31. The zero-order valence-electron chi connectivity index (χ0n) is 8.88. The topological polar surface area (TPSA) is 86.7 Å². The Bertz CT molecular complexity index is 444. The molecule has 0 bridgehead atoms. The van der Waals surface area contributed by atoms with E-state index in [9.17, 15) is 13.2 Å². The number of nitrogens with zero attached hydrogens (tertiary/aromatic N) is 1. The number of carbonyl (C=O) groups is 1. The first kappa shape index (κ1) is 11.4. The zero-order valence-corrected chi connectivity index (χ0v) is 9.70. The number of hydrogen-bond acceptors (Lipinski definition) is 3. The van der Waals surface area contributed by atoms with E-state index in [4.69, 9.17) is 5.11 Å². The minimum absolute atomic E-state index is 0.184. The van der Waals surface area contributed by atoms with Gasteiger partial charge in [0.15, 0.2) is 0 Å². The summed E-state index contributed by atoms with van der Waals surface area (Å²) < 4.78 is 25.2. The molecule has 2 unspecified atom stereocenters. The molecule has 0 aromatic rings. The van der Waals surface area contributed by atoms with Crippen LogP contribution in [0.1, 0.15) is 19.8 Å². The number of piperidine rings is 1. The van der Waals surface area contributed by atoms with Crippen LogP contribution in [0.5, 0.6) is 0 Å². The van der Waals surface area contributed by atoms with Crippen molar-refractivity contribution in [3.8, 4) is 0 Å². The molecule has 2 heterocycles. The van der Waals surface area contributed by atoms with Gasteiger partial charge in [-0.2, -0.15) is 0 Å². The molecular weight excluding hydrogens is 232 g/mol. The lowest BCUT2D eigenvalue weighted by molar-refractivity contribution is 0.0945. The smallest absolute Gasteiger partial charge is 0.407 e. The second kappa shape index (κ2) is 3.46. The summed E-state index contributed by atoms with van der Waals surface area (Å²) in [6.07, 6.45) is 1.65. The van der Waals surface area contributed by atoms with Crippen LogP contribution in [0.3, 0.4) is 0 Å². The van der Waals surface area contributed by atoms with Crippen molar-refractivity contribution < 1.29 is 18.3 Å². The van der Waals surface area contributed by atoms with Crippen molar-refractivity contribution in [3.05, 3.63) is 11.5 Å². The Labute approximate surface area is 94.0 Å². The van der Waals surface area contributed by atoms with Gasteiger partial charge in [-0.3, -0.25) is 0 Å². The van der Waals surface area contributed by atoms with E-state index in [1.807, 2.05) is 0 Å². The van der Waals surface area contributed by atoms with Crippen molar-refractivity contribution in [3.63, 3.8) is 0 Å². The molecule has 2 atom stereocenters. The highest BCUT2D eigenvalue weighted by Crippen LogP contribution is 2.32. The lowest BCUT2D eigenvalue weighted by atomic mass is 9.85. The lowest BCUT2D eigenvalue weighted by Crippen LogP contribution is -2.55. The number of sulfonamides is 1. The monoisotopic (exact) mass is 246 g/mol. The van der Waals surface area contributed by atoms with Gasteiger partial charge in [0.05, 0.1) is 5.54 Å². The van der Waals surface area contributed by atoms with E-state index in [1.54, 1.807) is 13.0 Å². The summed E-state index contributed by atoms with van der Waals surface area (Å²) in [6, 6.07) is -0.184. The summed E-state index contributed by atoms with van der Waals surface area (Å²) in [5.74, 6) is 0. The number of rotatable bonds is 0. The Morgan fingerprint density at radius 3 is 2.75 bits per heavy atom. The standard InChI is InChI=1S/C9H14N2O4S/c1-7-6-9(2-4-11(7)8(12)13)3-5-16(14,15)10-9/h3,5,7,10H,2,4,6H2,1H3,(H,12,13). The number of carboxylic acid groups (broad SMARTS) is 1. The van der Waals surface area contributed by atoms with E-state index in [0.29, 0.717) is 19.4 Å². The summed E-state index contributed by atoms with van der Waals surface area (Å²) >= 11 is 0. The molecule has 90 valence electrons. The van der Waals surface area contributed by atoms with E-state index < -0.39 is 21.7 Å². The minimum Gasteiger partial charge on any atom is -0.465 e. The van der Waals surface area contributed by atoms with Gasteiger partial charge in [0, 0.05) is 18.0 Å². The third kappa shape index (κ3) is 1.92. The molecule has 1 amide bonds. The molecule has 6 nitrogen and oxygen atoms in total. The maximum absolute atomic E-state index is 11.3. The molecule has 2 rings (SSSR count). The molecule has 1 fully saturated rings. The Hall–Kier alpha value is -1.08. The Morgan fingerprint density at radius 1 is 1.62 bits per heavy atom. The SMILES string of the molecule is CC1CC2(C=CS(=O)(=O)N2)CCN1C(=O)O. The van der Waals surface area contributed by atoms with Crippen LogP contribution in [0.15, 0.2) is 11.5 Å². The fraction of sp³-hybridized carbons (Fsp3) is 0.667. The maximum Gasteiger partial charge on any atom is 0.407 e. The molecule has 2 N–H and O–H groups in total. The predicted octanol–water partition coefficient (Wildman–Crippen LogP) is 0.334. The molecule has 0 radical (unpaired) electrons. The van der Waals surface area contributed by atoms with Gasteiger partial charge < -0.3 is 10.0 Å². The van der Waals surface area contributed by atoms with Gasteiger partial charge in [-0.15, -0.1) is 0 Å². The zero-order chi connectivity index (χ0) is 12.0. The average molecular weight is 246 g/mol. The van der Waals surface area contributed by atoms with E-state index in [-0.39, 0.29) is 6.04 Å². The molecular formula is C9H14N2O4S. The van der Waals surface area contributed by atoms with Gasteiger partial charge in [0.25, 0.3) is 0 Å². The summed E-state index contributed by atoms with van der Waals surface area (Å²) in [6.45, 7) is 2.14. The molecule has 16 heavy (non-hydrogen) atoms. The molecule has 2 aliphatic rings. The molecule has 0 aromatic heterocycles. The van der Waals surface area contributed by atoms with E-state index in [0.717, 1.165) is 5.41 Å². The Kier molecular flexibility index (Phi) is 2.47. The van der Waals surface area contributed by atoms with Crippen molar-refractivity contribution in [2.45, 2.75) is 31.3 Å². The fourth-order valence-electron chi connectivity index (χ4n) is 2.38. The number of nitrogens with one attached hydrogen (secondary N) is 1. The number of likely N-dealkylation sites (tertiary alicyclic amines) is 1. The number of amides is 1. The highest BCUT2D eigenvalue weighted by atomic mass is 32.2. The van der Waals surface area contributed by atoms with Crippen LogP contribution in [0.25, 0.3) is 0 Å². The van der Waals surface area contributed by atoms with E-state index in [2.05, 4.69) is 4.72 Å². The first-order valence-electron chi connectivity index (χ1n) is 5.06. The van der Waals surface area contributed by atoms with Crippen LogP contribution in [0.2, 0.25) is 0 Å². The molecule has 0 saturated carbocycles. The fourth-order valence-corrected chi connectivity index (χ4v) is 3.71. The summed E-state index contributed by atoms with van der Waals surface area (Å²) in [5.41, 5.74) is -0.579. The highest BCUT2D eigenvalue weighted by molar-refractivity contribution is 7.92. The summed E-state index contributed by atoms with van der Waals surface area (Å²) in [5, 5.41) is 10.1. The first-order chi connectivity index (χ1) is 7.34. The van der Waals surface area contributed by atoms with Crippen LogP contribution >= 0.6 is 0 Å². The van der Waals surface area contributed by atoms with Crippen LogP contribution in [-0.4, -0.2) is 42.6 Å². The first-order valence-corrected chi connectivity index (χ1v) is 6.61. The van der Waals surface area contributed by atoms with Gasteiger partial charge in [0.2, 0.25) is 10.0 Å². The van der Waals surface area contributed by atoms with Crippen molar-refractivity contribution in [2.24, 2.45) is 0 Å². The predicted molar refractivity (Wildman–Crippen MR) is 57.4 cm³/mol. The average Bonchev–Trinajstić information content (AvgIpc) is 2.41. The van der Waals surface area contributed by atoms with Crippen molar-refractivity contribution in [2.75, 3.05) is 6.54 Å². The Morgan fingerprint density at radius 2 is 2.31 bits per heavy atom. The number of hydrogen-bond donors (Lipinski definition) is 2. The summed E-state index contributed by atoms with van der Waals surface area (Å²) in [7, 11) is -3.31. The normalized spacial score (nSPS) is 36.8. The van der Waals surface area contributed by atoms with Crippen molar-refractivity contribution >= 4 is 16.1 Å². The van der Waals surface area contributed by atoms with Crippen LogP contribution in [0.4, 0.5) is 4.79 Å². The molecule has 0 aliphatic carbocycles.